The summed E-state index contributed by atoms with van der Waals surface area (Å²) < 4.78 is 30.7. The number of hydrogen-bond acceptors (Lipinski definition) is 4. The number of para-hydroxylation sites is 1. The van der Waals surface area contributed by atoms with E-state index < -0.39 is 10.0 Å². The van der Waals surface area contributed by atoms with E-state index in [2.05, 4.69) is 10.0 Å². The van der Waals surface area contributed by atoms with Crippen molar-refractivity contribution < 1.29 is 17.9 Å². The van der Waals surface area contributed by atoms with E-state index in [1.54, 1.807) is 30.3 Å². The minimum Gasteiger partial charge on any atom is -0.489 e. The molecule has 31 heavy (non-hydrogen) atoms. The average molecular weight is 437 g/mol. The zero-order chi connectivity index (χ0) is 22.1. The van der Waals surface area contributed by atoms with E-state index in [0.717, 1.165) is 28.7 Å². The van der Waals surface area contributed by atoms with Crippen LogP contribution >= 0.6 is 0 Å². The lowest BCUT2D eigenvalue weighted by atomic mass is 10.1. The first kappa shape index (κ1) is 22.1. The molecule has 2 N–H and O–H groups in total. The standard InChI is InChI=1S/C24H24N2O4S/c1-31(28,29)26-22-14-11-19(12-15-22)13-16-24(27)25-17-20-7-5-6-8-21(20)18-30-23-9-3-2-4-10-23/h2-16,26H,17-18H2,1H3,(H,25,27)/b16-13+. The first-order valence-electron chi connectivity index (χ1n) is 9.67. The Balaban J connectivity index is 1.53. The molecule has 0 saturated carbocycles. The van der Waals surface area contributed by atoms with Gasteiger partial charge in [-0.15, -0.1) is 0 Å². The van der Waals surface area contributed by atoms with Crippen molar-refractivity contribution in [3.05, 3.63) is 102 Å². The van der Waals surface area contributed by atoms with Gasteiger partial charge < -0.3 is 10.1 Å². The van der Waals surface area contributed by atoms with Crippen LogP contribution in [-0.2, 0) is 28.0 Å². The van der Waals surface area contributed by atoms with Crippen molar-refractivity contribution in [2.75, 3.05) is 11.0 Å². The number of ether oxygens (including phenoxy) is 1. The van der Waals surface area contributed by atoms with Crippen LogP contribution in [0.3, 0.4) is 0 Å². The highest BCUT2D eigenvalue weighted by Crippen LogP contribution is 2.15. The fraction of sp³-hybridized carbons (Fsp3) is 0.125. The molecule has 0 aliphatic rings. The maximum absolute atomic E-state index is 12.2. The summed E-state index contributed by atoms with van der Waals surface area (Å²) in [4.78, 5) is 12.2. The Morgan fingerprint density at radius 3 is 2.23 bits per heavy atom. The van der Waals surface area contributed by atoms with Gasteiger partial charge in [0.05, 0.1) is 6.26 Å². The number of rotatable bonds is 9. The molecule has 0 spiro atoms. The van der Waals surface area contributed by atoms with Gasteiger partial charge in [-0.1, -0.05) is 54.6 Å². The first-order valence-corrected chi connectivity index (χ1v) is 11.6. The molecule has 6 nitrogen and oxygen atoms in total. The molecule has 160 valence electrons. The van der Waals surface area contributed by atoms with E-state index in [1.807, 2.05) is 54.6 Å². The molecule has 0 radical (unpaired) electrons. The Morgan fingerprint density at radius 1 is 0.903 bits per heavy atom. The van der Waals surface area contributed by atoms with Crippen molar-refractivity contribution in [1.82, 2.24) is 5.32 Å². The van der Waals surface area contributed by atoms with Crippen molar-refractivity contribution in [3.63, 3.8) is 0 Å². The summed E-state index contributed by atoms with van der Waals surface area (Å²) in [7, 11) is -3.31. The number of hydrogen-bond donors (Lipinski definition) is 2. The van der Waals surface area contributed by atoms with Crippen molar-refractivity contribution in [2.24, 2.45) is 0 Å². The smallest absolute Gasteiger partial charge is 0.244 e. The molecule has 7 heteroatoms. The molecule has 0 aliphatic heterocycles. The Labute approximate surface area is 182 Å². The average Bonchev–Trinajstić information content (AvgIpc) is 2.76. The zero-order valence-corrected chi connectivity index (χ0v) is 17.9. The predicted octanol–water partition coefficient (Wildman–Crippen LogP) is 3.97. The van der Waals surface area contributed by atoms with Gasteiger partial charge in [0.2, 0.25) is 15.9 Å². The summed E-state index contributed by atoms with van der Waals surface area (Å²) >= 11 is 0. The number of carbonyl (C=O) groups is 1. The monoisotopic (exact) mass is 436 g/mol. The Hall–Kier alpha value is -3.58. The van der Waals surface area contributed by atoms with E-state index in [1.165, 1.54) is 6.08 Å². The SMILES string of the molecule is CS(=O)(=O)Nc1ccc(/C=C/C(=O)NCc2ccccc2COc2ccccc2)cc1. The molecule has 3 aromatic carbocycles. The minimum atomic E-state index is -3.31. The summed E-state index contributed by atoms with van der Waals surface area (Å²) in [5.74, 6) is 0.569. The molecule has 0 atom stereocenters. The van der Waals surface area contributed by atoms with Gasteiger partial charge in [0, 0.05) is 18.3 Å². The Kier molecular flexibility index (Phi) is 7.45. The topological polar surface area (TPSA) is 84.5 Å². The lowest BCUT2D eigenvalue weighted by Crippen LogP contribution is -2.21. The highest BCUT2D eigenvalue weighted by Gasteiger charge is 2.05. The van der Waals surface area contributed by atoms with Crippen LogP contribution in [0.4, 0.5) is 5.69 Å². The third-order valence-electron chi connectivity index (χ3n) is 4.35. The Bertz CT molecular complexity index is 1140. The van der Waals surface area contributed by atoms with E-state index in [0.29, 0.717) is 18.8 Å². The number of anilines is 1. The second-order valence-corrected chi connectivity index (χ2v) is 8.67. The van der Waals surface area contributed by atoms with Gasteiger partial charge >= 0.3 is 0 Å². The van der Waals surface area contributed by atoms with Crippen LogP contribution in [0.1, 0.15) is 16.7 Å². The van der Waals surface area contributed by atoms with Crippen molar-refractivity contribution in [2.45, 2.75) is 13.2 Å². The van der Waals surface area contributed by atoms with Gasteiger partial charge in [-0.3, -0.25) is 9.52 Å². The van der Waals surface area contributed by atoms with Gasteiger partial charge in [0.15, 0.2) is 0 Å². The number of amides is 1. The van der Waals surface area contributed by atoms with E-state index in [9.17, 15) is 13.2 Å². The van der Waals surface area contributed by atoms with Gasteiger partial charge in [-0.2, -0.15) is 0 Å². The minimum absolute atomic E-state index is 0.225. The normalized spacial score (nSPS) is 11.3. The summed E-state index contributed by atoms with van der Waals surface area (Å²) in [5.41, 5.74) is 3.24. The van der Waals surface area contributed by atoms with Crippen LogP contribution in [0.25, 0.3) is 6.08 Å². The highest BCUT2D eigenvalue weighted by molar-refractivity contribution is 7.92. The van der Waals surface area contributed by atoms with Crippen LogP contribution in [0.15, 0.2) is 84.9 Å². The van der Waals surface area contributed by atoms with Gasteiger partial charge in [0.25, 0.3) is 0 Å². The lowest BCUT2D eigenvalue weighted by Gasteiger charge is -2.11. The molecule has 3 aromatic rings. The van der Waals surface area contributed by atoms with Crippen LogP contribution in [0, 0.1) is 0 Å². The van der Waals surface area contributed by atoms with E-state index in [4.69, 9.17) is 4.74 Å². The molecular weight excluding hydrogens is 412 g/mol. The molecule has 0 fully saturated rings. The van der Waals surface area contributed by atoms with E-state index in [-0.39, 0.29) is 5.91 Å². The fourth-order valence-corrected chi connectivity index (χ4v) is 3.40. The summed E-state index contributed by atoms with van der Waals surface area (Å²) in [5, 5.41) is 2.88. The number of benzene rings is 3. The van der Waals surface area contributed by atoms with Crippen molar-refractivity contribution in [1.29, 1.82) is 0 Å². The van der Waals surface area contributed by atoms with Crippen molar-refractivity contribution >= 4 is 27.7 Å². The third kappa shape index (κ3) is 7.64. The summed E-state index contributed by atoms with van der Waals surface area (Å²) in [6.45, 7) is 0.800. The second kappa shape index (κ2) is 10.4. The molecule has 0 unspecified atom stereocenters. The molecule has 0 saturated heterocycles. The summed E-state index contributed by atoms with van der Waals surface area (Å²) in [6, 6.07) is 24.1. The second-order valence-electron chi connectivity index (χ2n) is 6.92. The largest absolute Gasteiger partial charge is 0.489 e. The van der Waals surface area contributed by atoms with Crippen LogP contribution in [0.5, 0.6) is 5.75 Å². The molecular formula is C24H24N2O4S. The van der Waals surface area contributed by atoms with Crippen LogP contribution in [0.2, 0.25) is 0 Å². The maximum Gasteiger partial charge on any atom is 0.244 e. The molecule has 0 bridgehead atoms. The van der Waals surface area contributed by atoms with Crippen LogP contribution < -0.4 is 14.8 Å². The molecule has 3 rings (SSSR count). The zero-order valence-electron chi connectivity index (χ0n) is 17.1. The Morgan fingerprint density at radius 2 is 1.55 bits per heavy atom. The first-order chi connectivity index (χ1) is 14.9. The van der Waals surface area contributed by atoms with Crippen molar-refractivity contribution in [3.8, 4) is 5.75 Å². The third-order valence-corrected chi connectivity index (χ3v) is 4.96. The molecule has 0 aliphatic carbocycles. The molecule has 0 aromatic heterocycles. The quantitative estimate of drug-likeness (QED) is 0.497. The maximum atomic E-state index is 12.2. The van der Waals surface area contributed by atoms with Crippen LogP contribution in [-0.4, -0.2) is 20.6 Å². The number of nitrogens with one attached hydrogen (secondary N) is 2. The molecule has 1 amide bonds. The van der Waals surface area contributed by atoms with Gasteiger partial charge in [-0.25, -0.2) is 8.42 Å². The fourth-order valence-electron chi connectivity index (χ4n) is 2.84. The highest BCUT2D eigenvalue weighted by atomic mass is 32.2. The molecule has 0 heterocycles. The number of carbonyl (C=O) groups excluding carboxylic acids is 1. The predicted molar refractivity (Wildman–Crippen MR) is 123 cm³/mol. The number of sulfonamides is 1. The lowest BCUT2D eigenvalue weighted by molar-refractivity contribution is -0.116. The van der Waals surface area contributed by atoms with E-state index >= 15 is 0 Å². The van der Waals surface area contributed by atoms with Gasteiger partial charge in [0.1, 0.15) is 12.4 Å². The summed E-state index contributed by atoms with van der Waals surface area (Å²) in [6.07, 6.45) is 4.21. The van der Waals surface area contributed by atoms with Gasteiger partial charge in [-0.05, 0) is 47.0 Å².